The van der Waals surface area contributed by atoms with Gasteiger partial charge in [0.1, 0.15) is 13.1 Å². The summed E-state index contributed by atoms with van der Waals surface area (Å²) in [5, 5.41) is 1.29. The number of aromatic nitrogens is 1. The van der Waals surface area contributed by atoms with Gasteiger partial charge in [0, 0.05) is 42.9 Å². The molecule has 0 aliphatic carbocycles. The summed E-state index contributed by atoms with van der Waals surface area (Å²) in [6.45, 7) is 5.45. The van der Waals surface area contributed by atoms with Crippen LogP contribution in [0, 0.1) is 0 Å². The Labute approximate surface area is 153 Å². The third kappa shape index (κ3) is 4.47. The summed E-state index contributed by atoms with van der Waals surface area (Å²) in [5.41, 5.74) is 2.51. The number of nitrogens with zero attached hydrogens (tertiary/aromatic N) is 2. The molecule has 1 aliphatic rings. The van der Waals surface area contributed by atoms with Gasteiger partial charge in [-0.05, 0) is 19.4 Å². The molecule has 4 nitrogen and oxygen atoms in total. The molecule has 0 spiro atoms. The Bertz CT molecular complexity index is 713. The zero-order valence-corrected chi connectivity index (χ0v) is 15.8. The van der Waals surface area contributed by atoms with E-state index in [-0.39, 0.29) is 23.0 Å². The van der Waals surface area contributed by atoms with Crippen LogP contribution < -0.4 is 17.0 Å². The first-order valence-electron chi connectivity index (χ1n) is 8.60. The van der Waals surface area contributed by atoms with Gasteiger partial charge in [0.2, 0.25) is 0 Å². The maximum absolute atomic E-state index is 11.5. The fraction of sp³-hybridized carbons (Fsp3) is 0.474. The quantitative estimate of drug-likeness (QED) is 0.520. The van der Waals surface area contributed by atoms with Crippen LogP contribution in [0.1, 0.15) is 38.2 Å². The summed E-state index contributed by atoms with van der Waals surface area (Å²) < 4.78 is 9.67. The minimum Gasteiger partial charge on any atom is -1.00 e. The maximum Gasteiger partial charge on any atom is 0.305 e. The number of carbonyl (C=O) groups excluding carboxylic acids is 1. The van der Waals surface area contributed by atoms with Crippen LogP contribution in [0.2, 0.25) is 0 Å². The van der Waals surface area contributed by atoms with Gasteiger partial charge in [0.15, 0.2) is 6.21 Å². The molecule has 0 N–H and O–H groups in total. The highest BCUT2D eigenvalue weighted by Gasteiger charge is 2.15. The van der Waals surface area contributed by atoms with Crippen molar-refractivity contribution >= 4 is 23.1 Å². The van der Waals surface area contributed by atoms with Gasteiger partial charge in [-0.2, -0.15) is 0 Å². The number of esters is 1. The standard InChI is InChI=1S/C19H25N2O2.BrH/c1-2-23-19(22)10-7-13-21-15-16(14-20-11-5-6-12-20)17-8-3-4-9-18(17)21;/h3-4,8-9,14-15H,2,5-7,10-13H2,1H3;1H/q+1;/p-1. The first kappa shape index (κ1) is 18.7. The van der Waals surface area contributed by atoms with E-state index in [0.29, 0.717) is 13.0 Å². The normalized spacial score (nSPS) is 13.8. The van der Waals surface area contributed by atoms with E-state index in [0.717, 1.165) is 26.1 Å². The summed E-state index contributed by atoms with van der Waals surface area (Å²) in [7, 11) is 0. The van der Waals surface area contributed by atoms with Crippen LogP contribution in [0.15, 0.2) is 30.5 Å². The first-order chi connectivity index (χ1) is 11.3. The molecule has 5 heteroatoms. The molecule has 0 atom stereocenters. The lowest BCUT2D eigenvalue weighted by Gasteiger charge is -2.05. The lowest BCUT2D eigenvalue weighted by atomic mass is 10.2. The third-order valence-corrected chi connectivity index (χ3v) is 4.37. The monoisotopic (exact) mass is 392 g/mol. The van der Waals surface area contributed by atoms with Crippen molar-refractivity contribution in [1.82, 2.24) is 4.57 Å². The number of fused-ring (bicyclic) bond motifs is 1. The van der Waals surface area contributed by atoms with Gasteiger partial charge in [-0.3, -0.25) is 4.79 Å². The predicted octanol–water partition coefficient (Wildman–Crippen LogP) is 0.214. The van der Waals surface area contributed by atoms with Gasteiger partial charge in [0.25, 0.3) is 0 Å². The molecule has 1 fully saturated rings. The summed E-state index contributed by atoms with van der Waals surface area (Å²) in [6.07, 6.45) is 8.36. The van der Waals surface area contributed by atoms with E-state index in [2.05, 4.69) is 45.8 Å². The average Bonchev–Trinajstić information content (AvgIpc) is 3.17. The van der Waals surface area contributed by atoms with Crippen LogP contribution in [-0.4, -0.2) is 41.0 Å². The fourth-order valence-corrected chi connectivity index (χ4v) is 3.26. The third-order valence-electron chi connectivity index (χ3n) is 4.37. The van der Waals surface area contributed by atoms with Gasteiger partial charge in [-0.1, -0.05) is 18.2 Å². The van der Waals surface area contributed by atoms with Gasteiger partial charge in [-0.25, -0.2) is 4.58 Å². The topological polar surface area (TPSA) is 34.2 Å². The van der Waals surface area contributed by atoms with Crippen molar-refractivity contribution in [1.29, 1.82) is 0 Å². The van der Waals surface area contributed by atoms with Crippen molar-refractivity contribution in [3.63, 3.8) is 0 Å². The van der Waals surface area contributed by atoms with E-state index in [1.54, 1.807) is 0 Å². The van der Waals surface area contributed by atoms with Crippen LogP contribution in [0.5, 0.6) is 0 Å². The van der Waals surface area contributed by atoms with Crippen LogP contribution in [0.4, 0.5) is 0 Å². The molecule has 0 saturated carbocycles. The minimum atomic E-state index is -0.104. The van der Waals surface area contributed by atoms with E-state index in [1.165, 1.54) is 29.3 Å². The molecule has 0 radical (unpaired) electrons. The highest BCUT2D eigenvalue weighted by atomic mass is 79.9. The molecule has 1 saturated heterocycles. The van der Waals surface area contributed by atoms with Crippen molar-refractivity contribution in [2.75, 3.05) is 19.7 Å². The molecular formula is C19H25BrN2O2. The van der Waals surface area contributed by atoms with Crippen molar-refractivity contribution in [3.05, 3.63) is 36.0 Å². The zero-order valence-electron chi connectivity index (χ0n) is 14.2. The number of para-hydroxylation sites is 1. The molecule has 130 valence electrons. The summed E-state index contributed by atoms with van der Waals surface area (Å²) in [4.78, 5) is 11.5. The molecule has 2 aromatic rings. The van der Waals surface area contributed by atoms with Gasteiger partial charge >= 0.3 is 5.97 Å². The molecule has 3 rings (SSSR count). The van der Waals surface area contributed by atoms with Crippen LogP contribution in [0.25, 0.3) is 10.9 Å². The summed E-state index contributed by atoms with van der Waals surface area (Å²) in [6, 6.07) is 8.50. The Morgan fingerprint density at radius 2 is 2.04 bits per heavy atom. The molecule has 1 aliphatic heterocycles. The van der Waals surface area contributed by atoms with Crippen LogP contribution in [-0.2, 0) is 16.1 Å². The van der Waals surface area contributed by atoms with Crippen molar-refractivity contribution in [3.8, 4) is 0 Å². The molecule has 0 unspecified atom stereocenters. The number of carbonyl (C=O) groups is 1. The first-order valence-corrected chi connectivity index (χ1v) is 8.60. The predicted molar refractivity (Wildman–Crippen MR) is 92.2 cm³/mol. The number of halogens is 1. The number of rotatable bonds is 6. The second-order valence-corrected chi connectivity index (χ2v) is 6.08. The minimum absolute atomic E-state index is 0. The number of hydrogen-bond acceptors (Lipinski definition) is 2. The molecule has 2 heterocycles. The maximum atomic E-state index is 11.5. The molecule has 1 aromatic carbocycles. The lowest BCUT2D eigenvalue weighted by molar-refractivity contribution is -0.500. The van der Waals surface area contributed by atoms with E-state index in [4.69, 9.17) is 4.74 Å². The Kier molecular flexibility index (Phi) is 7.03. The zero-order chi connectivity index (χ0) is 16.1. The average molecular weight is 393 g/mol. The Balaban J connectivity index is 0.00000208. The highest BCUT2D eigenvalue weighted by Crippen LogP contribution is 2.21. The number of aryl methyl sites for hydroxylation is 1. The Morgan fingerprint density at radius 1 is 1.29 bits per heavy atom. The molecule has 0 amide bonds. The van der Waals surface area contributed by atoms with Crippen LogP contribution in [0.3, 0.4) is 0 Å². The number of hydrogen-bond donors (Lipinski definition) is 0. The second kappa shape index (κ2) is 9.02. The second-order valence-electron chi connectivity index (χ2n) is 6.08. The molecular weight excluding hydrogens is 368 g/mol. The molecule has 24 heavy (non-hydrogen) atoms. The van der Waals surface area contributed by atoms with E-state index in [9.17, 15) is 4.79 Å². The SMILES string of the molecule is CCOC(=O)CCCn1cc(C=[N+]2CCCC2)c2ccccc21.[Br-]. The Hall–Kier alpha value is -1.62. The number of benzene rings is 1. The molecule has 0 bridgehead atoms. The highest BCUT2D eigenvalue weighted by molar-refractivity contribution is 5.97. The lowest BCUT2D eigenvalue weighted by Crippen LogP contribution is -3.00. The summed E-state index contributed by atoms with van der Waals surface area (Å²) >= 11 is 0. The largest absolute Gasteiger partial charge is 1.00 e. The Morgan fingerprint density at radius 3 is 2.79 bits per heavy atom. The summed E-state index contributed by atoms with van der Waals surface area (Å²) in [5.74, 6) is -0.104. The van der Waals surface area contributed by atoms with Gasteiger partial charge in [0.05, 0.1) is 12.2 Å². The van der Waals surface area contributed by atoms with Crippen LogP contribution >= 0.6 is 0 Å². The van der Waals surface area contributed by atoms with Crippen molar-refractivity contribution < 1.29 is 31.1 Å². The van der Waals surface area contributed by atoms with Crippen molar-refractivity contribution in [2.45, 2.75) is 39.2 Å². The number of ether oxygens (including phenoxy) is 1. The van der Waals surface area contributed by atoms with Crippen molar-refractivity contribution in [2.24, 2.45) is 0 Å². The van der Waals surface area contributed by atoms with Gasteiger partial charge in [-0.15, -0.1) is 0 Å². The van der Waals surface area contributed by atoms with Gasteiger partial charge < -0.3 is 26.3 Å². The van der Waals surface area contributed by atoms with E-state index in [1.807, 2.05) is 6.92 Å². The smallest absolute Gasteiger partial charge is 0.305 e. The fourth-order valence-electron chi connectivity index (χ4n) is 3.26. The molecule has 1 aromatic heterocycles. The van der Waals surface area contributed by atoms with E-state index < -0.39 is 0 Å². The van der Waals surface area contributed by atoms with E-state index >= 15 is 0 Å².